The number of carbonyl (C=O) groups excluding carboxylic acids is 2. The molecule has 1 aromatic carbocycles. The molecule has 2 aliphatic rings. The van der Waals surface area contributed by atoms with Crippen molar-refractivity contribution in [3.05, 3.63) is 27.3 Å². The van der Waals surface area contributed by atoms with Gasteiger partial charge in [-0.1, -0.05) is 0 Å². The van der Waals surface area contributed by atoms with Crippen LogP contribution in [0.3, 0.4) is 0 Å². The lowest BCUT2D eigenvalue weighted by Crippen LogP contribution is -2.48. The van der Waals surface area contributed by atoms with Crippen LogP contribution >= 0.6 is 22.6 Å². The predicted octanol–water partition coefficient (Wildman–Crippen LogP) is 3.43. The number of rotatable bonds is 6. The van der Waals surface area contributed by atoms with Crippen molar-refractivity contribution in [2.24, 2.45) is 5.92 Å². The highest BCUT2D eigenvalue weighted by atomic mass is 127. The quantitative estimate of drug-likeness (QED) is 0.213. The smallest absolute Gasteiger partial charge is 0.396 e. The van der Waals surface area contributed by atoms with E-state index in [2.05, 4.69) is 4.74 Å². The maximum atomic E-state index is 13.4. The maximum absolute atomic E-state index is 13.4. The molecule has 178 valence electrons. The Hall–Kier alpha value is -1.68. The van der Waals surface area contributed by atoms with Gasteiger partial charge in [0, 0.05) is 16.4 Å². The first-order chi connectivity index (χ1) is 14.7. The van der Waals surface area contributed by atoms with Gasteiger partial charge in [0.05, 0.1) is 18.9 Å². The molecular weight excluding hydrogens is 579 g/mol. The molecule has 1 saturated carbocycles. The molecule has 0 radical (unpaired) electrons. The van der Waals surface area contributed by atoms with Crippen molar-refractivity contribution in [2.45, 2.75) is 49.1 Å². The molecule has 1 aliphatic heterocycles. The molecule has 1 fully saturated rings. The summed E-state index contributed by atoms with van der Waals surface area (Å²) in [6.07, 6.45) is -1.43. The van der Waals surface area contributed by atoms with E-state index >= 15 is 0 Å². The van der Waals surface area contributed by atoms with Gasteiger partial charge in [-0.25, -0.2) is 13.2 Å². The fourth-order valence-corrected chi connectivity index (χ4v) is 4.35. The van der Waals surface area contributed by atoms with E-state index in [9.17, 15) is 40.1 Å². The summed E-state index contributed by atoms with van der Waals surface area (Å²) in [5, 5.41) is -5.83. The van der Waals surface area contributed by atoms with E-state index in [1.807, 2.05) is 22.6 Å². The van der Waals surface area contributed by atoms with Gasteiger partial charge in [0.25, 0.3) is 5.79 Å². The zero-order chi connectivity index (χ0) is 23.9. The fraction of sp³-hybridized carbons (Fsp3) is 0.556. The highest BCUT2D eigenvalue weighted by Gasteiger charge is 2.61. The lowest BCUT2D eigenvalue weighted by Gasteiger charge is -2.41. The minimum absolute atomic E-state index is 0.103. The number of hydrogen-bond donors (Lipinski definition) is 0. The second kappa shape index (κ2) is 8.59. The summed E-state index contributed by atoms with van der Waals surface area (Å²) in [6.45, 7) is -1.21. The van der Waals surface area contributed by atoms with Crippen molar-refractivity contribution in [2.75, 3.05) is 6.61 Å². The van der Waals surface area contributed by atoms with Crippen LogP contribution in [-0.4, -0.2) is 48.5 Å². The van der Waals surface area contributed by atoms with Gasteiger partial charge in [0.15, 0.2) is 10.1 Å². The number of alkyl halides is 4. The molecule has 0 unspecified atom stereocenters. The summed E-state index contributed by atoms with van der Waals surface area (Å²) in [4.78, 5) is 24.4. The Kier molecular flexibility index (Phi) is 6.70. The summed E-state index contributed by atoms with van der Waals surface area (Å²) in [7, 11) is -6.61. The van der Waals surface area contributed by atoms with Crippen molar-refractivity contribution in [3.63, 3.8) is 0 Å². The number of carbonyl (C=O) groups is 2. The van der Waals surface area contributed by atoms with E-state index in [0.29, 0.717) is 5.75 Å². The van der Waals surface area contributed by atoms with Gasteiger partial charge >= 0.3 is 23.1 Å². The first kappa shape index (κ1) is 25.0. The van der Waals surface area contributed by atoms with Crippen molar-refractivity contribution >= 4 is 44.6 Å². The van der Waals surface area contributed by atoms with E-state index in [0.717, 1.165) is 3.57 Å². The first-order valence-corrected chi connectivity index (χ1v) is 11.8. The van der Waals surface area contributed by atoms with Gasteiger partial charge in [0.2, 0.25) is 0 Å². The average molecular weight is 595 g/mol. The molecule has 3 rings (SSSR count). The zero-order valence-corrected chi connectivity index (χ0v) is 19.1. The van der Waals surface area contributed by atoms with Crippen molar-refractivity contribution in [3.8, 4) is 5.75 Å². The number of ether oxygens (including phenoxy) is 3. The van der Waals surface area contributed by atoms with Gasteiger partial charge in [0.1, 0.15) is 11.3 Å². The second-order valence-corrected chi connectivity index (χ2v) is 10.1. The number of benzene rings is 1. The number of hydrogen-bond acceptors (Lipinski definition) is 8. The molecular formula is C18H16F4IO8S-. The normalized spacial score (nSPS) is 23.8. The molecule has 0 amide bonds. The topological polar surface area (TPSA) is 119 Å². The molecule has 0 bridgehead atoms. The van der Waals surface area contributed by atoms with E-state index in [1.165, 1.54) is 0 Å². The van der Waals surface area contributed by atoms with Gasteiger partial charge in [-0.3, -0.25) is 4.79 Å². The molecule has 1 aromatic rings. The maximum Gasteiger partial charge on any atom is 0.396 e. The standard InChI is InChI=1S/C18H17F4IO8S/c19-17(20,18(21,22)32(26,27)28)7-8-29-14(24)10-3-5-16(6-4-10)30-13-9-11(23)1-2-12(13)15(25)31-16/h1-2,9-10H,3-8H2,(H,26,27,28)/p-1. The number of halogens is 5. The van der Waals surface area contributed by atoms with Crippen LogP contribution in [-0.2, 0) is 24.4 Å². The molecule has 0 N–H and O–H groups in total. The van der Waals surface area contributed by atoms with Crippen molar-refractivity contribution < 1.29 is 54.3 Å². The number of esters is 2. The summed E-state index contributed by atoms with van der Waals surface area (Å²) >= 11 is 2.05. The molecule has 0 saturated heterocycles. The molecule has 1 spiro atoms. The molecule has 1 heterocycles. The van der Waals surface area contributed by atoms with Gasteiger partial charge in [-0.05, 0) is 53.6 Å². The molecule has 32 heavy (non-hydrogen) atoms. The SMILES string of the molecule is O=C1OC2(CCC(C(=O)OCCC(F)(F)C(F)(F)S(=O)(=O)[O-])CC2)Oc2cc(I)ccc21. The average Bonchev–Trinajstić information content (AvgIpc) is 2.66. The van der Waals surface area contributed by atoms with Crippen LogP contribution in [0.2, 0.25) is 0 Å². The van der Waals surface area contributed by atoms with Crippen molar-refractivity contribution in [1.29, 1.82) is 0 Å². The lowest BCUT2D eigenvalue weighted by atomic mass is 9.84. The minimum Gasteiger partial charge on any atom is -0.743 e. The summed E-state index contributed by atoms with van der Waals surface area (Å²) in [5.41, 5.74) is 0.260. The third-order valence-corrected chi connectivity index (χ3v) is 6.82. The molecule has 1 aliphatic carbocycles. The van der Waals surface area contributed by atoms with Crippen LogP contribution in [0.1, 0.15) is 42.5 Å². The fourth-order valence-electron chi connectivity index (χ4n) is 3.42. The third kappa shape index (κ3) is 4.81. The van der Waals surface area contributed by atoms with E-state index < -0.39 is 58.0 Å². The van der Waals surface area contributed by atoms with E-state index in [1.54, 1.807) is 18.2 Å². The number of fused-ring (bicyclic) bond motifs is 1. The van der Waals surface area contributed by atoms with Crippen LogP contribution in [0.25, 0.3) is 0 Å². The largest absolute Gasteiger partial charge is 0.743 e. The van der Waals surface area contributed by atoms with Gasteiger partial charge in [-0.15, -0.1) is 0 Å². The van der Waals surface area contributed by atoms with E-state index in [4.69, 9.17) is 9.47 Å². The highest BCUT2D eigenvalue weighted by molar-refractivity contribution is 14.1. The van der Waals surface area contributed by atoms with E-state index in [-0.39, 0.29) is 31.2 Å². The second-order valence-electron chi connectivity index (χ2n) is 7.41. The third-order valence-electron chi connectivity index (χ3n) is 5.22. The Morgan fingerprint density at radius 2 is 1.84 bits per heavy atom. The Labute approximate surface area is 193 Å². The Morgan fingerprint density at radius 3 is 2.44 bits per heavy atom. The Morgan fingerprint density at radius 1 is 1.22 bits per heavy atom. The van der Waals surface area contributed by atoms with Gasteiger partial charge < -0.3 is 18.8 Å². The van der Waals surface area contributed by atoms with Crippen LogP contribution in [0, 0.1) is 9.49 Å². The van der Waals surface area contributed by atoms with Crippen LogP contribution in [0.5, 0.6) is 5.75 Å². The molecule has 0 aromatic heterocycles. The summed E-state index contributed by atoms with van der Waals surface area (Å²) in [5.74, 6) is -8.49. The summed E-state index contributed by atoms with van der Waals surface area (Å²) < 4.78 is 101. The highest BCUT2D eigenvalue weighted by Crippen LogP contribution is 2.43. The van der Waals surface area contributed by atoms with Crippen LogP contribution < -0.4 is 4.74 Å². The molecule has 0 atom stereocenters. The monoisotopic (exact) mass is 595 g/mol. The lowest BCUT2D eigenvalue weighted by molar-refractivity contribution is -0.187. The minimum atomic E-state index is -6.61. The van der Waals surface area contributed by atoms with Gasteiger partial charge in [-0.2, -0.15) is 17.6 Å². The summed E-state index contributed by atoms with van der Waals surface area (Å²) in [6, 6.07) is 4.93. The molecule has 8 nitrogen and oxygen atoms in total. The van der Waals surface area contributed by atoms with Crippen LogP contribution in [0.15, 0.2) is 18.2 Å². The Bertz CT molecular complexity index is 1020. The predicted molar refractivity (Wildman–Crippen MR) is 105 cm³/mol. The zero-order valence-electron chi connectivity index (χ0n) is 16.1. The molecule has 14 heteroatoms. The van der Waals surface area contributed by atoms with Crippen LogP contribution in [0.4, 0.5) is 17.6 Å². The van der Waals surface area contributed by atoms with Crippen molar-refractivity contribution in [1.82, 2.24) is 0 Å². The first-order valence-electron chi connectivity index (χ1n) is 9.27. The Balaban J connectivity index is 1.55.